The van der Waals surface area contributed by atoms with Gasteiger partial charge in [0.2, 0.25) is 5.91 Å². The van der Waals surface area contributed by atoms with Crippen LogP contribution in [0.25, 0.3) is 11.1 Å². The van der Waals surface area contributed by atoms with Crippen LogP contribution in [0, 0.1) is 11.8 Å². The summed E-state index contributed by atoms with van der Waals surface area (Å²) in [7, 11) is 0. The molecule has 2 aliphatic carbocycles. The molecule has 3 unspecified atom stereocenters. The highest BCUT2D eigenvalue weighted by Crippen LogP contribution is 2.44. The number of hydrogen-bond acceptors (Lipinski definition) is 4. The summed E-state index contributed by atoms with van der Waals surface area (Å²) >= 11 is 1.37. The number of amides is 1. The number of carbonyl (C=O) groups excluding carboxylic acids is 1. The Hall–Kier alpha value is -1.49. The molecule has 0 aliphatic heterocycles. The molecule has 4 nitrogen and oxygen atoms in total. The predicted octanol–water partition coefficient (Wildman–Crippen LogP) is 3.22. The lowest BCUT2D eigenvalue weighted by Gasteiger charge is -2.22. The Kier molecular flexibility index (Phi) is 3.37. The molecule has 1 N–H and O–H groups in total. The van der Waals surface area contributed by atoms with Crippen molar-refractivity contribution < 1.29 is 9.21 Å². The molecule has 3 atom stereocenters. The van der Waals surface area contributed by atoms with Crippen molar-refractivity contribution in [3.63, 3.8) is 0 Å². The van der Waals surface area contributed by atoms with Crippen LogP contribution >= 0.6 is 11.8 Å². The van der Waals surface area contributed by atoms with E-state index in [-0.39, 0.29) is 5.91 Å². The molecular formula is C16H18N2O2S. The number of benzene rings is 1. The Bertz CT molecular complexity index is 636. The lowest BCUT2D eigenvalue weighted by Crippen LogP contribution is -2.39. The Labute approximate surface area is 127 Å². The molecular weight excluding hydrogens is 284 g/mol. The van der Waals surface area contributed by atoms with Crippen molar-refractivity contribution in [1.82, 2.24) is 10.3 Å². The fourth-order valence-corrected chi connectivity index (χ4v) is 4.36. The van der Waals surface area contributed by atoms with Gasteiger partial charge in [0.25, 0.3) is 5.22 Å². The molecule has 2 aromatic rings. The molecule has 110 valence electrons. The first-order chi connectivity index (χ1) is 10.3. The summed E-state index contributed by atoms with van der Waals surface area (Å²) in [5, 5.41) is 3.75. The summed E-state index contributed by atoms with van der Waals surface area (Å²) in [4.78, 5) is 16.4. The van der Waals surface area contributed by atoms with Gasteiger partial charge in [-0.05, 0) is 43.2 Å². The van der Waals surface area contributed by atoms with Gasteiger partial charge in [0.15, 0.2) is 5.58 Å². The minimum atomic E-state index is 0.0970. The van der Waals surface area contributed by atoms with Crippen molar-refractivity contribution >= 4 is 28.8 Å². The molecule has 5 heteroatoms. The zero-order valence-electron chi connectivity index (χ0n) is 11.7. The molecule has 4 rings (SSSR count). The Morgan fingerprint density at radius 2 is 2.24 bits per heavy atom. The maximum atomic E-state index is 12.1. The molecule has 2 saturated carbocycles. The average Bonchev–Trinajstić information content (AvgIpc) is 3.19. The first kappa shape index (κ1) is 13.2. The van der Waals surface area contributed by atoms with Crippen LogP contribution in [0.3, 0.4) is 0 Å². The number of thioether (sulfide) groups is 1. The third-order valence-corrected chi connectivity index (χ3v) is 5.51. The van der Waals surface area contributed by atoms with Gasteiger partial charge in [-0.1, -0.05) is 30.3 Å². The van der Waals surface area contributed by atoms with E-state index in [2.05, 4.69) is 10.3 Å². The van der Waals surface area contributed by atoms with E-state index in [4.69, 9.17) is 4.42 Å². The fraction of sp³-hybridized carbons (Fsp3) is 0.500. The summed E-state index contributed by atoms with van der Waals surface area (Å²) in [6, 6.07) is 8.06. The number of carbonyl (C=O) groups is 1. The van der Waals surface area contributed by atoms with Gasteiger partial charge in [-0.3, -0.25) is 4.79 Å². The second-order valence-electron chi connectivity index (χ2n) is 6.09. The van der Waals surface area contributed by atoms with Crippen molar-refractivity contribution in [2.24, 2.45) is 11.8 Å². The van der Waals surface area contributed by atoms with E-state index in [9.17, 15) is 4.79 Å². The number of hydrogen-bond donors (Lipinski definition) is 1. The first-order valence-electron chi connectivity index (χ1n) is 7.55. The van der Waals surface area contributed by atoms with Gasteiger partial charge in [0, 0.05) is 6.04 Å². The number of para-hydroxylation sites is 2. The highest BCUT2D eigenvalue weighted by atomic mass is 32.2. The quantitative estimate of drug-likeness (QED) is 0.881. The minimum absolute atomic E-state index is 0.0970. The summed E-state index contributed by atoms with van der Waals surface area (Å²) in [6.45, 7) is 0. The molecule has 1 heterocycles. The van der Waals surface area contributed by atoms with E-state index in [1.807, 2.05) is 24.3 Å². The maximum Gasteiger partial charge on any atom is 0.257 e. The third-order valence-electron chi connectivity index (χ3n) is 4.69. The number of nitrogens with one attached hydrogen (secondary N) is 1. The van der Waals surface area contributed by atoms with Crippen molar-refractivity contribution in [3.05, 3.63) is 24.3 Å². The van der Waals surface area contributed by atoms with E-state index in [1.165, 1.54) is 37.4 Å². The molecule has 1 aromatic heterocycles. The Morgan fingerprint density at radius 1 is 1.33 bits per heavy atom. The molecule has 2 fully saturated rings. The molecule has 0 radical (unpaired) electrons. The normalized spacial score (nSPS) is 27.3. The maximum absolute atomic E-state index is 12.1. The Morgan fingerprint density at radius 3 is 3.00 bits per heavy atom. The Balaban J connectivity index is 1.32. The van der Waals surface area contributed by atoms with Crippen LogP contribution in [0.4, 0.5) is 0 Å². The number of aromatic nitrogens is 1. The topological polar surface area (TPSA) is 55.1 Å². The van der Waals surface area contributed by atoms with Crippen LogP contribution in [0.1, 0.15) is 25.7 Å². The van der Waals surface area contributed by atoms with E-state index in [0.717, 1.165) is 17.0 Å². The smallest absolute Gasteiger partial charge is 0.257 e. The lowest BCUT2D eigenvalue weighted by molar-refractivity contribution is -0.119. The standard InChI is InChI=1S/C16H18N2O2S/c19-15(17-13-8-10-5-6-11(13)7-10)9-21-16-18-12-3-1-2-4-14(12)20-16/h1-4,10-11,13H,5-9H2,(H,17,19). The van der Waals surface area contributed by atoms with E-state index in [1.54, 1.807) is 0 Å². The van der Waals surface area contributed by atoms with Crippen LogP contribution in [0.15, 0.2) is 33.9 Å². The van der Waals surface area contributed by atoms with Gasteiger partial charge >= 0.3 is 0 Å². The highest BCUT2D eigenvalue weighted by Gasteiger charge is 2.39. The summed E-state index contributed by atoms with van der Waals surface area (Å²) in [5.41, 5.74) is 1.61. The third kappa shape index (κ3) is 2.67. The van der Waals surface area contributed by atoms with Crippen LogP contribution in [0.5, 0.6) is 0 Å². The molecule has 0 saturated heterocycles. The second kappa shape index (κ2) is 5.37. The van der Waals surface area contributed by atoms with Gasteiger partial charge in [-0.25, -0.2) is 4.98 Å². The van der Waals surface area contributed by atoms with E-state index >= 15 is 0 Å². The summed E-state index contributed by atoms with van der Waals surface area (Å²) in [6.07, 6.45) is 5.12. The largest absolute Gasteiger partial charge is 0.431 e. The predicted molar refractivity (Wildman–Crippen MR) is 82.1 cm³/mol. The molecule has 21 heavy (non-hydrogen) atoms. The first-order valence-corrected chi connectivity index (χ1v) is 8.54. The lowest BCUT2D eigenvalue weighted by atomic mass is 9.95. The number of fused-ring (bicyclic) bond motifs is 3. The van der Waals surface area contributed by atoms with Crippen molar-refractivity contribution in [3.8, 4) is 0 Å². The van der Waals surface area contributed by atoms with Crippen molar-refractivity contribution in [2.45, 2.75) is 36.9 Å². The average molecular weight is 302 g/mol. The zero-order chi connectivity index (χ0) is 14.2. The second-order valence-corrected chi connectivity index (χ2v) is 7.01. The number of rotatable bonds is 4. The monoisotopic (exact) mass is 302 g/mol. The van der Waals surface area contributed by atoms with Gasteiger partial charge in [-0.2, -0.15) is 0 Å². The van der Waals surface area contributed by atoms with Crippen LogP contribution in [0.2, 0.25) is 0 Å². The fourth-order valence-electron chi connectivity index (χ4n) is 3.71. The number of oxazole rings is 1. The van der Waals surface area contributed by atoms with Gasteiger partial charge in [0.1, 0.15) is 5.52 Å². The molecule has 0 spiro atoms. The highest BCUT2D eigenvalue weighted by molar-refractivity contribution is 7.99. The van der Waals surface area contributed by atoms with Crippen LogP contribution < -0.4 is 5.32 Å². The van der Waals surface area contributed by atoms with Crippen molar-refractivity contribution in [2.75, 3.05) is 5.75 Å². The molecule has 1 amide bonds. The summed E-state index contributed by atoms with van der Waals surface area (Å²) < 4.78 is 5.61. The van der Waals surface area contributed by atoms with Gasteiger partial charge in [-0.15, -0.1) is 0 Å². The van der Waals surface area contributed by atoms with E-state index < -0.39 is 0 Å². The van der Waals surface area contributed by atoms with Gasteiger partial charge < -0.3 is 9.73 Å². The van der Waals surface area contributed by atoms with Gasteiger partial charge in [0.05, 0.1) is 5.75 Å². The van der Waals surface area contributed by atoms with Crippen LogP contribution in [-0.4, -0.2) is 22.7 Å². The summed E-state index contributed by atoms with van der Waals surface area (Å²) in [5.74, 6) is 2.04. The van der Waals surface area contributed by atoms with E-state index in [0.29, 0.717) is 22.9 Å². The SMILES string of the molecule is O=C(CSc1nc2ccccc2o1)NC1CC2CCC1C2. The molecule has 1 aromatic carbocycles. The minimum Gasteiger partial charge on any atom is -0.431 e. The van der Waals surface area contributed by atoms with Crippen molar-refractivity contribution in [1.29, 1.82) is 0 Å². The van der Waals surface area contributed by atoms with Crippen LogP contribution in [-0.2, 0) is 4.79 Å². The molecule has 2 bridgehead atoms. The number of nitrogens with zero attached hydrogens (tertiary/aromatic N) is 1. The zero-order valence-corrected chi connectivity index (χ0v) is 12.6. The molecule has 2 aliphatic rings.